The predicted molar refractivity (Wildman–Crippen MR) is 93.5 cm³/mol. The Hall–Kier alpha value is -1.64. The molecule has 1 fully saturated rings. The SMILES string of the molecule is CC[C@@H]1OC(C)(C)O[C@H]1C(C)(c1ccccc1)c1ccccc1. The topological polar surface area (TPSA) is 18.5 Å². The summed E-state index contributed by atoms with van der Waals surface area (Å²) in [6.45, 7) is 8.45. The Balaban J connectivity index is 2.13. The van der Waals surface area contributed by atoms with Gasteiger partial charge >= 0.3 is 0 Å². The zero-order valence-corrected chi connectivity index (χ0v) is 14.5. The van der Waals surface area contributed by atoms with Crippen molar-refractivity contribution in [3.8, 4) is 0 Å². The number of hydrogen-bond acceptors (Lipinski definition) is 2. The summed E-state index contributed by atoms with van der Waals surface area (Å²) in [6.07, 6.45) is 0.992. The molecule has 0 aliphatic carbocycles. The molecule has 2 atom stereocenters. The molecule has 2 aromatic carbocycles. The molecule has 1 saturated heterocycles. The van der Waals surface area contributed by atoms with Gasteiger partial charge in [-0.05, 0) is 38.3 Å². The molecular formula is C21H26O2. The molecule has 2 aromatic rings. The number of rotatable bonds is 4. The van der Waals surface area contributed by atoms with Gasteiger partial charge in [0.05, 0.1) is 6.10 Å². The molecular weight excluding hydrogens is 284 g/mol. The molecule has 0 bridgehead atoms. The highest BCUT2D eigenvalue weighted by atomic mass is 16.8. The molecule has 0 unspecified atom stereocenters. The van der Waals surface area contributed by atoms with E-state index in [-0.39, 0.29) is 17.6 Å². The van der Waals surface area contributed by atoms with E-state index < -0.39 is 5.79 Å². The fourth-order valence-corrected chi connectivity index (χ4v) is 3.69. The van der Waals surface area contributed by atoms with Gasteiger partial charge in [0.2, 0.25) is 0 Å². The van der Waals surface area contributed by atoms with E-state index in [0.717, 1.165) is 6.42 Å². The minimum Gasteiger partial charge on any atom is -0.345 e. The number of ether oxygens (including phenoxy) is 2. The summed E-state index contributed by atoms with van der Waals surface area (Å²) < 4.78 is 12.6. The van der Waals surface area contributed by atoms with E-state index >= 15 is 0 Å². The van der Waals surface area contributed by atoms with Gasteiger partial charge in [-0.25, -0.2) is 0 Å². The van der Waals surface area contributed by atoms with Crippen molar-refractivity contribution in [1.29, 1.82) is 0 Å². The standard InChI is InChI=1S/C21H26O2/c1-5-18-19(23-20(2,3)22-18)21(4,16-12-8-6-9-13-16)17-14-10-7-11-15-17/h6-15,18-19H,5H2,1-4H3/t18-,19+/m0/s1. The minimum absolute atomic E-state index is 0.0210. The van der Waals surface area contributed by atoms with Gasteiger partial charge in [0.1, 0.15) is 6.10 Å². The molecule has 2 heteroatoms. The molecule has 0 saturated carbocycles. The van der Waals surface area contributed by atoms with Gasteiger partial charge in [-0.15, -0.1) is 0 Å². The van der Waals surface area contributed by atoms with E-state index in [1.54, 1.807) is 0 Å². The normalized spacial score (nSPS) is 23.8. The largest absolute Gasteiger partial charge is 0.345 e. The van der Waals surface area contributed by atoms with Crippen molar-refractivity contribution >= 4 is 0 Å². The highest BCUT2D eigenvalue weighted by Gasteiger charge is 2.51. The Morgan fingerprint density at radius 3 is 1.78 bits per heavy atom. The molecule has 0 N–H and O–H groups in total. The molecule has 0 aromatic heterocycles. The molecule has 3 rings (SSSR count). The molecule has 122 valence electrons. The quantitative estimate of drug-likeness (QED) is 0.798. The molecule has 0 spiro atoms. The zero-order chi connectivity index (χ0) is 16.5. The van der Waals surface area contributed by atoms with Crippen molar-refractivity contribution < 1.29 is 9.47 Å². The van der Waals surface area contributed by atoms with Crippen LogP contribution in [0.25, 0.3) is 0 Å². The van der Waals surface area contributed by atoms with Crippen LogP contribution in [0, 0.1) is 0 Å². The Bertz CT molecular complexity index is 594. The Labute approximate surface area is 139 Å². The third-order valence-corrected chi connectivity index (χ3v) is 4.90. The molecule has 1 heterocycles. The van der Waals surface area contributed by atoms with Gasteiger partial charge in [0, 0.05) is 5.41 Å². The second-order valence-electron chi connectivity index (χ2n) is 6.94. The predicted octanol–water partition coefficient (Wildman–Crippen LogP) is 4.92. The van der Waals surface area contributed by atoms with E-state index in [9.17, 15) is 0 Å². The third-order valence-electron chi connectivity index (χ3n) is 4.90. The van der Waals surface area contributed by atoms with E-state index in [2.05, 4.69) is 74.5 Å². The summed E-state index contributed by atoms with van der Waals surface area (Å²) in [5.41, 5.74) is 2.27. The minimum atomic E-state index is -0.545. The lowest BCUT2D eigenvalue weighted by atomic mass is 9.70. The van der Waals surface area contributed by atoms with E-state index in [0.29, 0.717) is 0 Å². The Kier molecular flexibility index (Phi) is 4.31. The average molecular weight is 310 g/mol. The van der Waals surface area contributed by atoms with Gasteiger partial charge in [-0.2, -0.15) is 0 Å². The molecule has 1 aliphatic heterocycles. The monoisotopic (exact) mass is 310 g/mol. The second kappa shape index (κ2) is 6.10. The third kappa shape index (κ3) is 2.93. The van der Waals surface area contributed by atoms with E-state index in [1.165, 1.54) is 11.1 Å². The van der Waals surface area contributed by atoms with Crippen LogP contribution in [0.2, 0.25) is 0 Å². The van der Waals surface area contributed by atoms with Crippen LogP contribution >= 0.6 is 0 Å². The fourth-order valence-electron chi connectivity index (χ4n) is 3.69. The second-order valence-corrected chi connectivity index (χ2v) is 6.94. The zero-order valence-electron chi connectivity index (χ0n) is 14.5. The van der Waals surface area contributed by atoms with Crippen LogP contribution in [0.1, 0.15) is 45.2 Å². The van der Waals surface area contributed by atoms with Gasteiger partial charge < -0.3 is 9.47 Å². The highest BCUT2D eigenvalue weighted by molar-refractivity contribution is 5.41. The van der Waals surface area contributed by atoms with Crippen molar-refractivity contribution in [3.63, 3.8) is 0 Å². The Morgan fingerprint density at radius 1 is 0.870 bits per heavy atom. The van der Waals surface area contributed by atoms with Crippen LogP contribution in [-0.4, -0.2) is 18.0 Å². The maximum atomic E-state index is 6.40. The first kappa shape index (κ1) is 16.2. The first-order valence-corrected chi connectivity index (χ1v) is 8.44. The van der Waals surface area contributed by atoms with Gasteiger partial charge in [-0.1, -0.05) is 67.6 Å². The summed E-state index contributed by atoms with van der Waals surface area (Å²) in [4.78, 5) is 0. The maximum Gasteiger partial charge on any atom is 0.163 e. The Morgan fingerprint density at radius 2 is 1.35 bits per heavy atom. The van der Waals surface area contributed by atoms with E-state index in [4.69, 9.17) is 9.47 Å². The fraction of sp³-hybridized carbons (Fsp3) is 0.429. The summed E-state index contributed by atoms with van der Waals surface area (Å²) in [5, 5.41) is 0. The summed E-state index contributed by atoms with van der Waals surface area (Å²) in [7, 11) is 0. The van der Waals surface area contributed by atoms with Crippen LogP contribution < -0.4 is 0 Å². The average Bonchev–Trinajstić information content (AvgIpc) is 2.91. The van der Waals surface area contributed by atoms with Crippen molar-refractivity contribution in [3.05, 3.63) is 71.8 Å². The molecule has 0 radical (unpaired) electrons. The first-order chi connectivity index (χ1) is 11.0. The van der Waals surface area contributed by atoms with Crippen molar-refractivity contribution in [1.82, 2.24) is 0 Å². The molecule has 1 aliphatic rings. The lowest BCUT2D eigenvalue weighted by molar-refractivity contribution is -0.150. The van der Waals surface area contributed by atoms with Crippen LogP contribution in [0.15, 0.2) is 60.7 Å². The van der Waals surface area contributed by atoms with Crippen LogP contribution in [0.3, 0.4) is 0 Å². The highest BCUT2D eigenvalue weighted by Crippen LogP contribution is 2.45. The summed E-state index contributed by atoms with van der Waals surface area (Å²) in [6, 6.07) is 21.3. The first-order valence-electron chi connectivity index (χ1n) is 8.44. The lowest BCUT2D eigenvalue weighted by Crippen LogP contribution is -2.44. The lowest BCUT2D eigenvalue weighted by Gasteiger charge is -2.38. The van der Waals surface area contributed by atoms with Crippen molar-refractivity contribution in [2.24, 2.45) is 0 Å². The summed E-state index contributed by atoms with van der Waals surface area (Å²) >= 11 is 0. The van der Waals surface area contributed by atoms with Crippen LogP contribution in [-0.2, 0) is 14.9 Å². The van der Waals surface area contributed by atoms with Crippen LogP contribution in [0.5, 0.6) is 0 Å². The molecule has 0 amide bonds. The smallest absolute Gasteiger partial charge is 0.163 e. The summed E-state index contributed by atoms with van der Waals surface area (Å²) in [5.74, 6) is -0.545. The van der Waals surface area contributed by atoms with Gasteiger partial charge in [0.25, 0.3) is 0 Å². The van der Waals surface area contributed by atoms with E-state index in [1.807, 2.05) is 13.8 Å². The molecule has 23 heavy (non-hydrogen) atoms. The van der Waals surface area contributed by atoms with Crippen LogP contribution in [0.4, 0.5) is 0 Å². The van der Waals surface area contributed by atoms with Crippen molar-refractivity contribution in [2.45, 2.75) is 57.5 Å². The van der Waals surface area contributed by atoms with Crippen molar-refractivity contribution in [2.75, 3.05) is 0 Å². The number of hydrogen-bond donors (Lipinski definition) is 0. The van der Waals surface area contributed by atoms with Gasteiger partial charge in [-0.3, -0.25) is 0 Å². The maximum absolute atomic E-state index is 6.40. The number of benzene rings is 2. The van der Waals surface area contributed by atoms with Gasteiger partial charge in [0.15, 0.2) is 5.79 Å². The molecule has 2 nitrogen and oxygen atoms in total.